The summed E-state index contributed by atoms with van der Waals surface area (Å²) in [6, 6.07) is 6.43. The lowest BCUT2D eigenvalue weighted by atomic mass is 9.98. The Labute approximate surface area is 171 Å². The summed E-state index contributed by atoms with van der Waals surface area (Å²) in [5.74, 6) is 2.89. The molecule has 0 amide bonds. The van der Waals surface area contributed by atoms with Crippen LogP contribution in [0.25, 0.3) is 0 Å². The molecule has 2 atom stereocenters. The molecule has 0 bridgehead atoms. The molecule has 0 aromatic carbocycles. The van der Waals surface area contributed by atoms with Crippen molar-refractivity contribution in [1.82, 2.24) is 14.9 Å². The van der Waals surface area contributed by atoms with Gasteiger partial charge in [-0.25, -0.2) is 9.97 Å². The van der Waals surface area contributed by atoms with E-state index in [0.717, 1.165) is 57.2 Å². The third-order valence-corrected chi connectivity index (χ3v) is 6.75. The minimum atomic E-state index is 0.260. The average molecular weight is 402 g/mol. The first-order valence-corrected chi connectivity index (χ1v) is 11.3. The number of piperidine rings is 2. The van der Waals surface area contributed by atoms with E-state index >= 15 is 0 Å². The predicted octanol–water partition coefficient (Wildman–Crippen LogP) is 3.07. The molecule has 0 aliphatic carbocycles. The monoisotopic (exact) mass is 401 g/mol. The highest BCUT2D eigenvalue weighted by Crippen LogP contribution is 2.24. The number of nitrogens with zero attached hydrogens (tertiary/aromatic N) is 4. The van der Waals surface area contributed by atoms with Crippen molar-refractivity contribution in [2.45, 2.75) is 32.2 Å². The smallest absolute Gasteiger partial charge is 0.134 e. The van der Waals surface area contributed by atoms with E-state index in [1.807, 2.05) is 11.3 Å². The molecule has 7 heteroatoms. The molecular weight excluding hydrogens is 370 g/mol. The summed E-state index contributed by atoms with van der Waals surface area (Å²) in [6.07, 6.45) is 6.41. The number of aliphatic hydroxyl groups excluding tert-OH is 1. The molecule has 2 fully saturated rings. The van der Waals surface area contributed by atoms with E-state index in [1.165, 1.54) is 24.3 Å². The Morgan fingerprint density at radius 2 is 2.04 bits per heavy atom. The van der Waals surface area contributed by atoms with Gasteiger partial charge in [-0.3, -0.25) is 4.90 Å². The molecule has 4 heterocycles. The van der Waals surface area contributed by atoms with Crippen LogP contribution in [-0.4, -0.2) is 59.3 Å². The van der Waals surface area contributed by atoms with E-state index in [0.29, 0.717) is 11.8 Å². The van der Waals surface area contributed by atoms with Crippen molar-refractivity contribution in [3.8, 4) is 0 Å². The molecular formula is C21H31N5OS. The first-order valence-electron chi connectivity index (χ1n) is 10.5. The summed E-state index contributed by atoms with van der Waals surface area (Å²) in [6.45, 7) is 6.53. The number of anilines is 2. The van der Waals surface area contributed by atoms with Crippen molar-refractivity contribution in [2.75, 3.05) is 49.5 Å². The summed E-state index contributed by atoms with van der Waals surface area (Å²) < 4.78 is 0. The molecule has 0 spiro atoms. The van der Waals surface area contributed by atoms with Crippen LogP contribution in [0.2, 0.25) is 0 Å². The number of thiophene rings is 1. The first kappa shape index (κ1) is 19.6. The third-order valence-electron chi connectivity index (χ3n) is 5.89. The van der Waals surface area contributed by atoms with Crippen molar-refractivity contribution in [2.24, 2.45) is 11.8 Å². The second-order valence-electron chi connectivity index (χ2n) is 8.10. The van der Waals surface area contributed by atoms with Crippen LogP contribution < -0.4 is 10.2 Å². The van der Waals surface area contributed by atoms with Gasteiger partial charge in [0.15, 0.2) is 0 Å². The van der Waals surface area contributed by atoms with Crippen LogP contribution in [0.5, 0.6) is 0 Å². The Balaban J connectivity index is 1.29. The largest absolute Gasteiger partial charge is 0.396 e. The highest BCUT2D eigenvalue weighted by molar-refractivity contribution is 7.09. The van der Waals surface area contributed by atoms with Gasteiger partial charge in [-0.05, 0) is 55.5 Å². The van der Waals surface area contributed by atoms with E-state index in [1.54, 1.807) is 6.33 Å². The Hall–Kier alpha value is -1.70. The molecule has 6 nitrogen and oxygen atoms in total. The van der Waals surface area contributed by atoms with Gasteiger partial charge in [-0.1, -0.05) is 6.07 Å². The van der Waals surface area contributed by atoms with Crippen molar-refractivity contribution in [3.63, 3.8) is 0 Å². The van der Waals surface area contributed by atoms with Crippen LogP contribution in [0.15, 0.2) is 29.9 Å². The summed E-state index contributed by atoms with van der Waals surface area (Å²) >= 11 is 1.85. The second-order valence-corrected chi connectivity index (χ2v) is 9.13. The van der Waals surface area contributed by atoms with Crippen molar-refractivity contribution in [1.29, 1.82) is 0 Å². The Kier molecular flexibility index (Phi) is 6.77. The van der Waals surface area contributed by atoms with Crippen molar-refractivity contribution >= 4 is 23.0 Å². The average Bonchev–Trinajstić information content (AvgIpc) is 3.26. The number of likely N-dealkylation sites (tertiary alicyclic amines) is 1. The van der Waals surface area contributed by atoms with Gasteiger partial charge in [-0.15, -0.1) is 11.3 Å². The Bertz CT molecular complexity index is 725. The zero-order valence-corrected chi connectivity index (χ0v) is 17.3. The summed E-state index contributed by atoms with van der Waals surface area (Å²) in [7, 11) is 0. The molecule has 2 aliphatic heterocycles. The lowest BCUT2D eigenvalue weighted by Gasteiger charge is -2.33. The van der Waals surface area contributed by atoms with Crippen LogP contribution >= 0.6 is 11.3 Å². The first-order chi connectivity index (χ1) is 13.8. The van der Waals surface area contributed by atoms with Gasteiger partial charge in [0.25, 0.3) is 0 Å². The van der Waals surface area contributed by atoms with E-state index in [4.69, 9.17) is 0 Å². The molecule has 2 aliphatic rings. The molecule has 2 N–H and O–H groups in total. The molecule has 28 heavy (non-hydrogen) atoms. The second kappa shape index (κ2) is 9.67. The molecule has 2 aromatic rings. The van der Waals surface area contributed by atoms with E-state index in [9.17, 15) is 5.11 Å². The van der Waals surface area contributed by atoms with Gasteiger partial charge in [0.1, 0.15) is 18.0 Å². The number of aromatic nitrogens is 2. The van der Waals surface area contributed by atoms with Crippen LogP contribution in [0, 0.1) is 11.8 Å². The zero-order valence-electron chi connectivity index (χ0n) is 16.5. The molecule has 0 radical (unpaired) electrons. The highest BCUT2D eigenvalue weighted by Gasteiger charge is 2.22. The molecule has 152 valence electrons. The normalized spacial score (nSPS) is 23.7. The van der Waals surface area contributed by atoms with Gasteiger partial charge in [-0.2, -0.15) is 0 Å². The van der Waals surface area contributed by atoms with Gasteiger partial charge in [0.2, 0.25) is 0 Å². The molecule has 0 saturated carbocycles. The maximum absolute atomic E-state index is 9.47. The van der Waals surface area contributed by atoms with Crippen molar-refractivity contribution in [3.05, 3.63) is 34.8 Å². The van der Waals surface area contributed by atoms with Crippen molar-refractivity contribution < 1.29 is 5.11 Å². The Morgan fingerprint density at radius 1 is 1.14 bits per heavy atom. The summed E-state index contributed by atoms with van der Waals surface area (Å²) in [4.78, 5) is 15.2. The molecule has 2 saturated heterocycles. The number of nitrogens with one attached hydrogen (secondary N) is 1. The quantitative estimate of drug-likeness (QED) is 0.743. The number of hydrogen-bond donors (Lipinski definition) is 2. The summed E-state index contributed by atoms with van der Waals surface area (Å²) in [5, 5.41) is 15.2. The molecule has 2 unspecified atom stereocenters. The van der Waals surface area contributed by atoms with Gasteiger partial charge >= 0.3 is 0 Å². The lowest BCUT2D eigenvalue weighted by Crippen LogP contribution is -2.38. The van der Waals surface area contributed by atoms with Crippen LogP contribution in [0.1, 0.15) is 30.6 Å². The highest BCUT2D eigenvalue weighted by atomic mass is 32.1. The fourth-order valence-corrected chi connectivity index (χ4v) is 5.12. The van der Waals surface area contributed by atoms with Crippen LogP contribution in [-0.2, 0) is 6.54 Å². The zero-order chi connectivity index (χ0) is 19.2. The fourth-order valence-electron chi connectivity index (χ4n) is 4.37. The maximum atomic E-state index is 9.47. The predicted molar refractivity (Wildman–Crippen MR) is 115 cm³/mol. The van der Waals surface area contributed by atoms with E-state index in [-0.39, 0.29) is 6.61 Å². The standard InChI is InChI=1S/C21H31N5OS/c27-15-18-5-2-8-26(13-18)21-10-20(23-16-24-21)22-11-17-4-1-7-25(12-17)14-19-6-3-9-28-19/h3,6,9-10,16-18,27H,1-2,4-5,7-8,11-15H2,(H,22,23,24). The molecule has 4 rings (SSSR count). The molecule has 2 aromatic heterocycles. The van der Waals surface area contributed by atoms with Crippen LogP contribution in [0.3, 0.4) is 0 Å². The minimum absolute atomic E-state index is 0.260. The van der Waals surface area contributed by atoms with Crippen LogP contribution in [0.4, 0.5) is 11.6 Å². The van der Waals surface area contributed by atoms with Gasteiger partial charge in [0.05, 0.1) is 0 Å². The van der Waals surface area contributed by atoms with Gasteiger partial charge < -0.3 is 15.3 Å². The number of rotatable bonds is 7. The number of hydrogen-bond acceptors (Lipinski definition) is 7. The van der Waals surface area contributed by atoms with E-state index in [2.05, 4.69) is 48.7 Å². The lowest BCUT2D eigenvalue weighted by molar-refractivity contribution is 0.174. The minimum Gasteiger partial charge on any atom is -0.396 e. The Morgan fingerprint density at radius 3 is 2.89 bits per heavy atom. The van der Waals surface area contributed by atoms with Gasteiger partial charge in [0, 0.05) is 50.3 Å². The SMILES string of the molecule is OCC1CCCN(c2cc(NCC3CCCN(Cc4cccs4)C3)ncn2)C1. The summed E-state index contributed by atoms with van der Waals surface area (Å²) in [5.41, 5.74) is 0. The van der Waals surface area contributed by atoms with E-state index < -0.39 is 0 Å². The number of aliphatic hydroxyl groups is 1. The fraction of sp³-hybridized carbons (Fsp3) is 0.619. The third kappa shape index (κ3) is 5.21. The maximum Gasteiger partial charge on any atom is 0.134 e. The topological polar surface area (TPSA) is 64.5 Å².